The summed E-state index contributed by atoms with van der Waals surface area (Å²) in [6, 6.07) is 11.9. The molecule has 4 rings (SSSR count). The zero-order valence-electron chi connectivity index (χ0n) is 18.9. The highest BCUT2D eigenvalue weighted by Crippen LogP contribution is 2.35. The molecule has 0 fully saturated rings. The molecule has 3 aromatic rings. The minimum Gasteiger partial charge on any atom is -0.487 e. The van der Waals surface area contributed by atoms with Crippen molar-refractivity contribution >= 4 is 11.7 Å². The Hall–Kier alpha value is -3.59. The van der Waals surface area contributed by atoms with E-state index in [2.05, 4.69) is 10.3 Å². The van der Waals surface area contributed by atoms with Gasteiger partial charge in [-0.2, -0.15) is 4.39 Å². The summed E-state index contributed by atoms with van der Waals surface area (Å²) in [5.74, 6) is -0.515. The summed E-state index contributed by atoms with van der Waals surface area (Å²) >= 11 is 0. The lowest BCUT2D eigenvalue weighted by Gasteiger charge is -2.18. The van der Waals surface area contributed by atoms with E-state index in [1.165, 1.54) is 0 Å². The van der Waals surface area contributed by atoms with Crippen molar-refractivity contribution in [2.24, 2.45) is 0 Å². The van der Waals surface area contributed by atoms with Gasteiger partial charge < -0.3 is 20.7 Å². The molecule has 34 heavy (non-hydrogen) atoms. The van der Waals surface area contributed by atoms with Crippen LogP contribution in [-0.4, -0.2) is 49.5 Å². The van der Waals surface area contributed by atoms with Crippen molar-refractivity contribution in [1.29, 1.82) is 0 Å². The Morgan fingerprint density at radius 1 is 1.09 bits per heavy atom. The average molecular weight is 470 g/mol. The molecule has 2 aromatic carbocycles. The average Bonchev–Trinajstić information content (AvgIpc) is 2.78. The van der Waals surface area contributed by atoms with Crippen LogP contribution >= 0.6 is 0 Å². The number of hydrogen-bond donors (Lipinski definition) is 2. The zero-order chi connectivity index (χ0) is 24.4. The van der Waals surface area contributed by atoms with Gasteiger partial charge in [0.1, 0.15) is 18.2 Å². The molecule has 1 aromatic heterocycles. The lowest BCUT2D eigenvalue weighted by molar-refractivity contribution is 0.0811. The van der Waals surface area contributed by atoms with E-state index in [-0.39, 0.29) is 17.3 Å². The van der Waals surface area contributed by atoms with E-state index in [4.69, 9.17) is 10.5 Å². The number of ether oxygens (including phenoxy) is 1. The number of carbonyl (C=O) groups is 1. The second-order valence-electron chi connectivity index (χ2n) is 8.40. The Labute approximate surface area is 195 Å². The van der Waals surface area contributed by atoms with Gasteiger partial charge in [-0.15, -0.1) is 0 Å². The van der Waals surface area contributed by atoms with Crippen LogP contribution in [0, 0.1) is 5.95 Å². The molecule has 1 aliphatic heterocycles. The number of carbonyl (C=O) groups excluding carboxylic acids is 1. The molecule has 0 radical (unpaired) electrons. The topological polar surface area (TPSA) is 80.5 Å². The molecule has 2 heterocycles. The fraction of sp³-hybridized carbons (Fsp3) is 0.280. The first-order chi connectivity index (χ1) is 16.2. The number of pyridine rings is 1. The number of nitrogen functional groups attached to an aromatic ring is 1. The first kappa shape index (κ1) is 23.6. The standard InChI is InChI=1S/C25H25F3N4O2/c1-32(2)12-17-10-14(4-6-21(17)34-13-22(26)27)19-11-20(24(29)31-23(19)28)15-3-5-18-16(9-15)7-8-30-25(18)33/h3-6,9-11,22H,7-8,12-13H2,1-2H3,(H2,29,31)(H,30,33). The third kappa shape index (κ3) is 4.99. The third-order valence-corrected chi connectivity index (χ3v) is 5.57. The number of anilines is 1. The lowest BCUT2D eigenvalue weighted by atomic mass is 9.93. The van der Waals surface area contributed by atoms with Crippen LogP contribution < -0.4 is 15.8 Å². The van der Waals surface area contributed by atoms with Crippen LogP contribution in [0.5, 0.6) is 5.75 Å². The molecule has 9 heteroatoms. The molecule has 3 N–H and O–H groups in total. The molecule has 0 bridgehead atoms. The van der Waals surface area contributed by atoms with E-state index < -0.39 is 19.0 Å². The van der Waals surface area contributed by atoms with Crippen LogP contribution in [0.3, 0.4) is 0 Å². The van der Waals surface area contributed by atoms with Gasteiger partial charge in [-0.1, -0.05) is 18.2 Å². The van der Waals surface area contributed by atoms with Crippen LogP contribution in [0.4, 0.5) is 19.0 Å². The van der Waals surface area contributed by atoms with Crippen molar-refractivity contribution in [1.82, 2.24) is 15.2 Å². The SMILES string of the molecule is CN(C)Cc1cc(-c2cc(-c3ccc4c(c3)CCNC4=O)c(N)nc2F)ccc1OCC(F)F. The predicted octanol–water partition coefficient (Wildman–Crippen LogP) is 4.13. The summed E-state index contributed by atoms with van der Waals surface area (Å²) in [4.78, 5) is 17.8. The minimum atomic E-state index is -2.60. The third-order valence-electron chi connectivity index (χ3n) is 5.57. The van der Waals surface area contributed by atoms with Crippen molar-refractivity contribution in [3.8, 4) is 28.0 Å². The summed E-state index contributed by atoms with van der Waals surface area (Å²) in [5, 5.41) is 2.80. The molecular weight excluding hydrogens is 445 g/mol. The van der Waals surface area contributed by atoms with E-state index in [0.717, 1.165) is 11.1 Å². The van der Waals surface area contributed by atoms with E-state index in [1.54, 1.807) is 36.4 Å². The van der Waals surface area contributed by atoms with Crippen LogP contribution in [0.1, 0.15) is 21.5 Å². The Bertz CT molecular complexity index is 1230. The summed E-state index contributed by atoms with van der Waals surface area (Å²) in [5.41, 5.74) is 10.2. The van der Waals surface area contributed by atoms with Gasteiger partial charge >= 0.3 is 0 Å². The molecule has 0 saturated carbocycles. The van der Waals surface area contributed by atoms with Crippen LogP contribution in [0.15, 0.2) is 42.5 Å². The number of rotatable bonds is 7. The van der Waals surface area contributed by atoms with E-state index >= 15 is 0 Å². The van der Waals surface area contributed by atoms with Crippen LogP contribution in [0.25, 0.3) is 22.3 Å². The number of nitrogens with one attached hydrogen (secondary N) is 1. The minimum absolute atomic E-state index is 0.0341. The number of benzene rings is 2. The van der Waals surface area contributed by atoms with Gasteiger partial charge in [-0.3, -0.25) is 4.79 Å². The number of aromatic nitrogens is 1. The summed E-state index contributed by atoms with van der Waals surface area (Å²) in [6.07, 6.45) is -1.92. The number of hydrogen-bond acceptors (Lipinski definition) is 5. The monoisotopic (exact) mass is 470 g/mol. The number of nitrogens with zero attached hydrogens (tertiary/aromatic N) is 2. The van der Waals surface area contributed by atoms with Gasteiger partial charge in [0.25, 0.3) is 12.3 Å². The Morgan fingerprint density at radius 2 is 1.82 bits per heavy atom. The normalized spacial score (nSPS) is 13.2. The maximum atomic E-state index is 14.9. The lowest BCUT2D eigenvalue weighted by Crippen LogP contribution is -2.31. The smallest absolute Gasteiger partial charge is 0.272 e. The van der Waals surface area contributed by atoms with E-state index in [0.29, 0.717) is 47.5 Å². The molecule has 0 unspecified atom stereocenters. The highest BCUT2D eigenvalue weighted by atomic mass is 19.3. The van der Waals surface area contributed by atoms with Gasteiger partial charge in [-0.25, -0.2) is 13.8 Å². The van der Waals surface area contributed by atoms with Crippen molar-refractivity contribution in [3.63, 3.8) is 0 Å². The van der Waals surface area contributed by atoms with Gasteiger partial charge in [0.15, 0.2) is 0 Å². The largest absolute Gasteiger partial charge is 0.487 e. The molecule has 0 atom stereocenters. The molecule has 1 amide bonds. The Morgan fingerprint density at radius 3 is 2.56 bits per heavy atom. The molecule has 6 nitrogen and oxygen atoms in total. The van der Waals surface area contributed by atoms with E-state index in [1.807, 2.05) is 25.1 Å². The number of halogens is 3. The molecule has 178 valence electrons. The van der Waals surface area contributed by atoms with Gasteiger partial charge in [0.05, 0.1) is 0 Å². The fourth-order valence-electron chi connectivity index (χ4n) is 4.04. The number of amides is 1. The zero-order valence-corrected chi connectivity index (χ0v) is 18.9. The quantitative estimate of drug-likeness (QED) is 0.508. The summed E-state index contributed by atoms with van der Waals surface area (Å²) < 4.78 is 45.5. The van der Waals surface area contributed by atoms with Crippen molar-refractivity contribution in [2.45, 2.75) is 19.4 Å². The first-order valence-corrected chi connectivity index (χ1v) is 10.8. The Kier molecular flexibility index (Phi) is 6.74. The summed E-state index contributed by atoms with van der Waals surface area (Å²) in [6.45, 7) is 0.237. The predicted molar refractivity (Wildman–Crippen MR) is 124 cm³/mol. The highest BCUT2D eigenvalue weighted by Gasteiger charge is 2.20. The maximum Gasteiger partial charge on any atom is 0.272 e. The number of nitrogens with two attached hydrogens (primary N) is 1. The van der Waals surface area contributed by atoms with E-state index in [9.17, 15) is 18.0 Å². The van der Waals surface area contributed by atoms with Crippen molar-refractivity contribution in [3.05, 3.63) is 65.1 Å². The van der Waals surface area contributed by atoms with Crippen LogP contribution in [-0.2, 0) is 13.0 Å². The number of alkyl halides is 2. The number of fused-ring (bicyclic) bond motifs is 1. The van der Waals surface area contributed by atoms with Gasteiger partial charge in [-0.05, 0) is 61.5 Å². The molecule has 0 spiro atoms. The second kappa shape index (κ2) is 9.72. The second-order valence-corrected chi connectivity index (χ2v) is 8.40. The molecule has 0 saturated heterocycles. The Balaban J connectivity index is 1.76. The van der Waals surface area contributed by atoms with Gasteiger partial charge in [0.2, 0.25) is 5.95 Å². The maximum absolute atomic E-state index is 14.9. The van der Waals surface area contributed by atoms with Crippen molar-refractivity contribution in [2.75, 3.05) is 33.0 Å². The molecule has 1 aliphatic rings. The molecule has 0 aliphatic carbocycles. The first-order valence-electron chi connectivity index (χ1n) is 10.8. The summed E-state index contributed by atoms with van der Waals surface area (Å²) in [7, 11) is 3.67. The highest BCUT2D eigenvalue weighted by molar-refractivity contribution is 5.97. The van der Waals surface area contributed by atoms with Crippen molar-refractivity contribution < 1.29 is 22.7 Å². The fourth-order valence-corrected chi connectivity index (χ4v) is 4.04. The van der Waals surface area contributed by atoms with Gasteiger partial charge in [0, 0.05) is 35.3 Å². The molecular formula is C25H25F3N4O2. The van der Waals surface area contributed by atoms with Crippen LogP contribution in [0.2, 0.25) is 0 Å².